The molecule has 0 bridgehead atoms. The van der Waals surface area contributed by atoms with Gasteiger partial charge in [-0.05, 0) is 43.3 Å². The smallest absolute Gasteiger partial charge is 0.302 e. The molecular formula is C20H17N5O3S2. The number of nitrogens with one attached hydrogen (secondary N) is 1. The molecule has 8 nitrogen and oxygen atoms in total. The Hall–Kier alpha value is -3.24. The molecule has 4 aromatic rings. The van der Waals surface area contributed by atoms with Crippen LogP contribution in [-0.2, 0) is 4.79 Å². The molecule has 1 amide bonds. The van der Waals surface area contributed by atoms with Gasteiger partial charge in [-0.2, -0.15) is 4.52 Å². The Morgan fingerprint density at radius 2 is 1.87 bits per heavy atom. The van der Waals surface area contributed by atoms with Crippen molar-refractivity contribution in [1.29, 1.82) is 0 Å². The third-order valence-electron chi connectivity index (χ3n) is 4.20. The van der Waals surface area contributed by atoms with E-state index in [9.17, 15) is 9.59 Å². The van der Waals surface area contributed by atoms with Crippen LogP contribution in [0.15, 0.2) is 57.7 Å². The van der Waals surface area contributed by atoms with E-state index in [-0.39, 0.29) is 22.9 Å². The molecule has 0 radical (unpaired) electrons. The van der Waals surface area contributed by atoms with Gasteiger partial charge in [0.1, 0.15) is 5.75 Å². The zero-order valence-corrected chi connectivity index (χ0v) is 17.8. The average molecular weight is 440 g/mol. The Morgan fingerprint density at radius 1 is 1.13 bits per heavy atom. The van der Waals surface area contributed by atoms with Crippen LogP contribution in [0.3, 0.4) is 0 Å². The van der Waals surface area contributed by atoms with Crippen LogP contribution in [0.4, 0.5) is 5.69 Å². The van der Waals surface area contributed by atoms with Crippen molar-refractivity contribution < 1.29 is 9.53 Å². The lowest BCUT2D eigenvalue weighted by Gasteiger charge is -2.04. The van der Waals surface area contributed by atoms with Gasteiger partial charge in [0.05, 0.1) is 12.9 Å². The first kappa shape index (κ1) is 20.0. The predicted molar refractivity (Wildman–Crippen MR) is 117 cm³/mol. The maximum Gasteiger partial charge on any atom is 0.302 e. The molecule has 0 aliphatic carbocycles. The lowest BCUT2D eigenvalue weighted by Crippen LogP contribution is -2.19. The van der Waals surface area contributed by atoms with Crippen molar-refractivity contribution in [2.45, 2.75) is 11.3 Å². The fourth-order valence-electron chi connectivity index (χ4n) is 2.65. The van der Waals surface area contributed by atoms with Crippen molar-refractivity contribution in [3.05, 3.63) is 64.4 Å². The molecule has 0 unspecified atom stereocenters. The van der Waals surface area contributed by atoms with Crippen molar-refractivity contribution in [3.8, 4) is 17.0 Å². The third-order valence-corrected chi connectivity index (χ3v) is 6.23. The van der Waals surface area contributed by atoms with E-state index in [1.54, 1.807) is 31.4 Å². The molecule has 0 atom stereocenters. The molecule has 10 heteroatoms. The second kappa shape index (κ2) is 8.64. The molecule has 1 N–H and O–H groups in total. The van der Waals surface area contributed by atoms with Gasteiger partial charge >= 0.3 is 5.56 Å². The maximum atomic E-state index is 12.8. The van der Waals surface area contributed by atoms with Crippen molar-refractivity contribution in [3.63, 3.8) is 0 Å². The first-order chi connectivity index (χ1) is 14.5. The number of aromatic nitrogens is 4. The monoisotopic (exact) mass is 439 g/mol. The van der Waals surface area contributed by atoms with Gasteiger partial charge in [0.2, 0.25) is 10.9 Å². The summed E-state index contributed by atoms with van der Waals surface area (Å²) in [6.45, 7) is 1.99. The predicted octanol–water partition coefficient (Wildman–Crippen LogP) is 3.26. The second-order valence-corrected chi connectivity index (χ2v) is 8.53. The van der Waals surface area contributed by atoms with Crippen molar-refractivity contribution in [1.82, 2.24) is 19.8 Å². The van der Waals surface area contributed by atoms with E-state index in [1.165, 1.54) is 27.6 Å². The van der Waals surface area contributed by atoms with Crippen molar-refractivity contribution in [2.75, 3.05) is 18.2 Å². The quantitative estimate of drug-likeness (QED) is 0.461. The minimum absolute atomic E-state index is 0.152. The van der Waals surface area contributed by atoms with Crippen LogP contribution in [-0.4, -0.2) is 38.6 Å². The first-order valence-corrected chi connectivity index (χ1v) is 10.7. The molecule has 0 fully saturated rings. The SMILES string of the molecule is COc1ccc(-c2nnc3sc(SCC(=O)Nc4ccc(C)cc4)nn3c2=O)cc1. The van der Waals surface area contributed by atoms with E-state index in [0.29, 0.717) is 20.6 Å². The number of benzene rings is 2. The molecule has 2 heterocycles. The van der Waals surface area contributed by atoms with Crippen LogP contribution in [0.25, 0.3) is 16.2 Å². The fourth-order valence-corrected chi connectivity index (χ4v) is 4.32. The van der Waals surface area contributed by atoms with Gasteiger partial charge in [0.15, 0.2) is 10.0 Å². The van der Waals surface area contributed by atoms with Crippen LogP contribution in [0.5, 0.6) is 5.75 Å². The van der Waals surface area contributed by atoms with Gasteiger partial charge in [0, 0.05) is 11.3 Å². The highest BCUT2D eigenvalue weighted by Gasteiger charge is 2.15. The minimum Gasteiger partial charge on any atom is -0.497 e. The molecule has 30 heavy (non-hydrogen) atoms. The van der Waals surface area contributed by atoms with E-state index in [0.717, 1.165) is 11.3 Å². The molecular weight excluding hydrogens is 422 g/mol. The summed E-state index contributed by atoms with van der Waals surface area (Å²) in [7, 11) is 1.57. The third kappa shape index (κ3) is 4.34. The summed E-state index contributed by atoms with van der Waals surface area (Å²) in [5.74, 6) is 0.700. The van der Waals surface area contributed by atoms with E-state index in [2.05, 4.69) is 20.6 Å². The van der Waals surface area contributed by atoms with Gasteiger partial charge in [-0.15, -0.1) is 15.3 Å². The number of fused-ring (bicyclic) bond motifs is 1. The molecule has 0 aliphatic heterocycles. The van der Waals surface area contributed by atoms with Gasteiger partial charge in [-0.1, -0.05) is 40.8 Å². The van der Waals surface area contributed by atoms with Gasteiger partial charge in [0.25, 0.3) is 0 Å². The largest absolute Gasteiger partial charge is 0.497 e. The fraction of sp³-hybridized carbons (Fsp3) is 0.150. The number of methoxy groups -OCH3 is 1. The van der Waals surface area contributed by atoms with Crippen LogP contribution in [0, 0.1) is 6.92 Å². The van der Waals surface area contributed by atoms with Gasteiger partial charge < -0.3 is 10.1 Å². The minimum atomic E-state index is -0.364. The zero-order valence-electron chi connectivity index (χ0n) is 16.2. The standard InChI is InChI=1S/C20H17N5O3S2/c1-12-3-7-14(8-4-12)21-16(26)11-29-20-24-25-18(27)17(22-23-19(25)30-20)13-5-9-15(28-2)10-6-13/h3-10H,11H2,1-2H3,(H,21,26). The number of ether oxygens (including phenoxy) is 1. The summed E-state index contributed by atoms with van der Waals surface area (Å²) in [5, 5.41) is 15.3. The highest BCUT2D eigenvalue weighted by atomic mass is 32.2. The summed E-state index contributed by atoms with van der Waals surface area (Å²) >= 11 is 2.46. The Kier molecular flexibility index (Phi) is 5.77. The van der Waals surface area contributed by atoms with Crippen LogP contribution in [0.1, 0.15) is 5.56 Å². The number of anilines is 1. The van der Waals surface area contributed by atoms with Gasteiger partial charge in [-0.3, -0.25) is 9.59 Å². The number of aryl methyl sites for hydroxylation is 1. The molecule has 0 spiro atoms. The number of carbonyl (C=O) groups excluding carboxylic acids is 1. The molecule has 4 rings (SSSR count). The topological polar surface area (TPSA) is 98.5 Å². The van der Waals surface area contributed by atoms with Crippen LogP contribution < -0.4 is 15.6 Å². The number of nitrogens with zero attached hydrogens (tertiary/aromatic N) is 4. The summed E-state index contributed by atoms with van der Waals surface area (Å²) < 4.78 is 6.91. The molecule has 2 aromatic carbocycles. The number of hydrogen-bond acceptors (Lipinski definition) is 8. The normalized spacial score (nSPS) is 10.9. The Bertz CT molecular complexity index is 1250. The number of carbonyl (C=O) groups is 1. The molecule has 0 saturated carbocycles. The number of amides is 1. The lowest BCUT2D eigenvalue weighted by molar-refractivity contribution is -0.113. The Balaban J connectivity index is 1.49. The summed E-state index contributed by atoms with van der Waals surface area (Å²) in [6.07, 6.45) is 0. The lowest BCUT2D eigenvalue weighted by atomic mass is 10.1. The number of hydrogen-bond donors (Lipinski definition) is 1. The van der Waals surface area contributed by atoms with E-state index >= 15 is 0 Å². The summed E-state index contributed by atoms with van der Waals surface area (Å²) in [5.41, 5.74) is 2.33. The Morgan fingerprint density at radius 3 is 2.57 bits per heavy atom. The highest BCUT2D eigenvalue weighted by Crippen LogP contribution is 2.24. The van der Waals surface area contributed by atoms with E-state index in [1.807, 2.05) is 31.2 Å². The Labute approximate surface area is 179 Å². The van der Waals surface area contributed by atoms with Crippen molar-refractivity contribution >= 4 is 39.7 Å². The zero-order chi connectivity index (χ0) is 21.1. The summed E-state index contributed by atoms with van der Waals surface area (Å²) in [6, 6.07) is 14.6. The second-order valence-electron chi connectivity index (χ2n) is 6.35. The first-order valence-electron chi connectivity index (χ1n) is 8.94. The van der Waals surface area contributed by atoms with E-state index in [4.69, 9.17) is 4.74 Å². The summed E-state index contributed by atoms with van der Waals surface area (Å²) in [4.78, 5) is 25.3. The van der Waals surface area contributed by atoms with Crippen molar-refractivity contribution in [2.24, 2.45) is 0 Å². The number of thioether (sulfide) groups is 1. The molecule has 0 aliphatic rings. The molecule has 2 aromatic heterocycles. The number of rotatable bonds is 6. The maximum absolute atomic E-state index is 12.8. The molecule has 152 valence electrons. The van der Waals surface area contributed by atoms with Crippen LogP contribution in [0.2, 0.25) is 0 Å². The van der Waals surface area contributed by atoms with E-state index < -0.39 is 0 Å². The highest BCUT2D eigenvalue weighted by molar-refractivity contribution is 8.01. The van der Waals surface area contributed by atoms with Gasteiger partial charge in [-0.25, -0.2) is 0 Å². The molecule has 0 saturated heterocycles. The average Bonchev–Trinajstić information content (AvgIpc) is 3.19. The van der Waals surface area contributed by atoms with Crippen LogP contribution >= 0.6 is 23.1 Å².